The number of rotatable bonds is 3. The van der Waals surface area contributed by atoms with Crippen LogP contribution >= 0.6 is 0 Å². The van der Waals surface area contributed by atoms with Gasteiger partial charge >= 0.3 is 0 Å². The summed E-state index contributed by atoms with van der Waals surface area (Å²) in [5, 5.41) is 2.99. The van der Waals surface area contributed by atoms with Crippen LogP contribution < -0.4 is 10.2 Å². The van der Waals surface area contributed by atoms with Gasteiger partial charge in [0, 0.05) is 24.0 Å². The third-order valence-electron chi connectivity index (χ3n) is 3.84. The Morgan fingerprint density at radius 1 is 1.23 bits per heavy atom. The molecule has 22 heavy (non-hydrogen) atoms. The van der Waals surface area contributed by atoms with Gasteiger partial charge in [0.1, 0.15) is 17.7 Å². The van der Waals surface area contributed by atoms with E-state index in [0.29, 0.717) is 0 Å². The molecule has 1 aromatic heterocycles. The number of hydrogen-bond donors (Lipinski definition) is 1. The van der Waals surface area contributed by atoms with Crippen molar-refractivity contribution in [2.45, 2.75) is 32.7 Å². The molecule has 0 aliphatic carbocycles. The molecule has 1 aliphatic heterocycles. The highest BCUT2D eigenvalue weighted by Crippen LogP contribution is 2.25. The maximum atomic E-state index is 12.6. The minimum absolute atomic E-state index is 0.0256. The Kier molecular flexibility index (Phi) is 4.04. The lowest BCUT2D eigenvalue weighted by atomic mass is 10.2. The van der Waals surface area contributed by atoms with Crippen LogP contribution in [0.15, 0.2) is 36.4 Å². The average molecular weight is 296 g/mol. The molecular weight excluding hydrogens is 276 g/mol. The van der Waals surface area contributed by atoms with Gasteiger partial charge in [0.15, 0.2) is 0 Å². The van der Waals surface area contributed by atoms with Crippen LogP contribution in [0.3, 0.4) is 0 Å². The van der Waals surface area contributed by atoms with Gasteiger partial charge in [-0.3, -0.25) is 4.79 Å². The number of nitrogens with one attached hydrogen (secondary N) is 1. The molecule has 2 aromatic rings. The second kappa shape index (κ2) is 6.13. The van der Waals surface area contributed by atoms with Crippen LogP contribution in [0, 0.1) is 13.8 Å². The average Bonchev–Trinajstić information content (AvgIpc) is 2.97. The van der Waals surface area contributed by atoms with Gasteiger partial charge in [0.05, 0.1) is 0 Å². The number of anilines is 2. The Balaban J connectivity index is 1.79. The number of carbonyl (C=O) groups is 1. The fourth-order valence-electron chi connectivity index (χ4n) is 2.91. The van der Waals surface area contributed by atoms with E-state index in [0.717, 1.165) is 42.4 Å². The van der Waals surface area contributed by atoms with Crippen LogP contribution in [0.5, 0.6) is 0 Å². The quantitative estimate of drug-likeness (QED) is 0.946. The zero-order valence-corrected chi connectivity index (χ0v) is 12.9. The molecule has 5 heteroatoms. The van der Waals surface area contributed by atoms with E-state index < -0.39 is 0 Å². The number of amides is 1. The monoisotopic (exact) mass is 296 g/mol. The Morgan fingerprint density at radius 2 is 2.00 bits per heavy atom. The van der Waals surface area contributed by atoms with Crippen LogP contribution in [0.2, 0.25) is 0 Å². The SMILES string of the molecule is Cc1cc(N2CCCC2C(=O)Nc2ccccc2)nc(C)n1. The lowest BCUT2D eigenvalue weighted by Gasteiger charge is -2.25. The standard InChI is InChI=1S/C17H20N4O/c1-12-11-16(19-13(2)18-12)21-10-6-9-15(21)17(22)20-14-7-4-3-5-8-14/h3-5,7-8,11,15H,6,9-10H2,1-2H3,(H,20,22). The second-order valence-corrected chi connectivity index (χ2v) is 5.62. The summed E-state index contributed by atoms with van der Waals surface area (Å²) in [6, 6.07) is 11.3. The highest BCUT2D eigenvalue weighted by atomic mass is 16.2. The molecule has 1 amide bonds. The molecule has 1 aromatic carbocycles. The van der Waals surface area contributed by atoms with Crippen molar-refractivity contribution in [2.24, 2.45) is 0 Å². The first kappa shape index (κ1) is 14.5. The van der Waals surface area contributed by atoms with Crippen molar-refractivity contribution in [1.29, 1.82) is 0 Å². The summed E-state index contributed by atoms with van der Waals surface area (Å²) in [6.45, 7) is 4.68. The van der Waals surface area contributed by atoms with Crippen LogP contribution in [0.25, 0.3) is 0 Å². The molecular formula is C17H20N4O. The van der Waals surface area contributed by atoms with Crippen molar-refractivity contribution in [3.05, 3.63) is 47.9 Å². The van der Waals surface area contributed by atoms with Gasteiger partial charge in [0.25, 0.3) is 0 Å². The van der Waals surface area contributed by atoms with Crippen molar-refractivity contribution < 1.29 is 4.79 Å². The molecule has 3 rings (SSSR count). The number of carbonyl (C=O) groups excluding carboxylic acids is 1. The summed E-state index contributed by atoms with van der Waals surface area (Å²) >= 11 is 0. The fraction of sp³-hybridized carbons (Fsp3) is 0.353. The number of nitrogens with zero attached hydrogens (tertiary/aromatic N) is 3. The molecule has 1 saturated heterocycles. The van der Waals surface area contributed by atoms with Gasteiger partial charge in [-0.25, -0.2) is 9.97 Å². The number of benzene rings is 1. The summed E-state index contributed by atoms with van der Waals surface area (Å²) in [5.41, 5.74) is 1.76. The van der Waals surface area contributed by atoms with E-state index in [1.807, 2.05) is 50.2 Å². The number of aromatic nitrogens is 2. The molecule has 1 aliphatic rings. The highest BCUT2D eigenvalue weighted by Gasteiger charge is 2.31. The topological polar surface area (TPSA) is 58.1 Å². The van der Waals surface area contributed by atoms with Gasteiger partial charge < -0.3 is 10.2 Å². The number of para-hydroxylation sites is 1. The minimum atomic E-state index is -0.172. The molecule has 1 fully saturated rings. The van der Waals surface area contributed by atoms with Crippen LogP contribution in [0.4, 0.5) is 11.5 Å². The van der Waals surface area contributed by atoms with Crippen LogP contribution in [-0.2, 0) is 4.79 Å². The van der Waals surface area contributed by atoms with Gasteiger partial charge in [-0.15, -0.1) is 0 Å². The summed E-state index contributed by atoms with van der Waals surface area (Å²) in [5.74, 6) is 1.61. The smallest absolute Gasteiger partial charge is 0.247 e. The third-order valence-corrected chi connectivity index (χ3v) is 3.84. The largest absolute Gasteiger partial charge is 0.344 e. The van der Waals surface area contributed by atoms with Gasteiger partial charge in [-0.05, 0) is 38.8 Å². The maximum Gasteiger partial charge on any atom is 0.247 e. The lowest BCUT2D eigenvalue weighted by molar-refractivity contribution is -0.117. The van der Waals surface area contributed by atoms with E-state index in [2.05, 4.69) is 20.2 Å². The van der Waals surface area contributed by atoms with Crippen molar-refractivity contribution in [3.63, 3.8) is 0 Å². The normalized spacial score (nSPS) is 17.5. The molecule has 0 bridgehead atoms. The summed E-state index contributed by atoms with van der Waals surface area (Å²) < 4.78 is 0. The zero-order chi connectivity index (χ0) is 15.5. The van der Waals surface area contributed by atoms with Crippen LogP contribution in [0.1, 0.15) is 24.4 Å². The predicted octanol–water partition coefficient (Wildman–Crippen LogP) is 2.70. The Labute approximate surface area is 130 Å². The molecule has 2 heterocycles. The van der Waals surface area contributed by atoms with Gasteiger partial charge in [-0.1, -0.05) is 18.2 Å². The molecule has 5 nitrogen and oxygen atoms in total. The molecule has 0 saturated carbocycles. The van der Waals surface area contributed by atoms with Gasteiger partial charge in [-0.2, -0.15) is 0 Å². The summed E-state index contributed by atoms with van der Waals surface area (Å²) in [7, 11) is 0. The summed E-state index contributed by atoms with van der Waals surface area (Å²) in [6.07, 6.45) is 1.84. The second-order valence-electron chi connectivity index (χ2n) is 5.62. The van der Waals surface area contributed by atoms with Crippen molar-refractivity contribution >= 4 is 17.4 Å². The first-order valence-corrected chi connectivity index (χ1v) is 7.58. The number of aryl methyl sites for hydroxylation is 2. The maximum absolute atomic E-state index is 12.6. The third kappa shape index (κ3) is 3.08. The van der Waals surface area contributed by atoms with E-state index in [1.165, 1.54) is 0 Å². The van der Waals surface area contributed by atoms with E-state index in [4.69, 9.17) is 0 Å². The summed E-state index contributed by atoms with van der Waals surface area (Å²) in [4.78, 5) is 23.5. The molecule has 0 radical (unpaired) electrons. The molecule has 1 unspecified atom stereocenters. The Hall–Kier alpha value is -2.43. The fourth-order valence-corrected chi connectivity index (χ4v) is 2.91. The molecule has 1 atom stereocenters. The van der Waals surface area contributed by atoms with E-state index in [-0.39, 0.29) is 11.9 Å². The van der Waals surface area contributed by atoms with E-state index in [1.54, 1.807) is 0 Å². The first-order valence-electron chi connectivity index (χ1n) is 7.58. The Bertz CT molecular complexity index is 651. The van der Waals surface area contributed by atoms with Gasteiger partial charge in [0.2, 0.25) is 5.91 Å². The first-order chi connectivity index (χ1) is 10.6. The minimum Gasteiger partial charge on any atom is -0.344 e. The van der Waals surface area contributed by atoms with E-state index >= 15 is 0 Å². The van der Waals surface area contributed by atoms with Crippen molar-refractivity contribution in [1.82, 2.24) is 9.97 Å². The number of hydrogen-bond acceptors (Lipinski definition) is 4. The van der Waals surface area contributed by atoms with Crippen molar-refractivity contribution in [3.8, 4) is 0 Å². The van der Waals surface area contributed by atoms with E-state index in [9.17, 15) is 4.79 Å². The lowest BCUT2D eigenvalue weighted by Crippen LogP contribution is -2.40. The molecule has 0 spiro atoms. The zero-order valence-electron chi connectivity index (χ0n) is 12.9. The highest BCUT2D eigenvalue weighted by molar-refractivity contribution is 5.97. The van der Waals surface area contributed by atoms with Crippen LogP contribution in [-0.4, -0.2) is 28.5 Å². The molecule has 114 valence electrons. The van der Waals surface area contributed by atoms with Crippen molar-refractivity contribution in [2.75, 3.05) is 16.8 Å². The molecule has 1 N–H and O–H groups in total. The Morgan fingerprint density at radius 3 is 2.73 bits per heavy atom. The predicted molar refractivity (Wildman–Crippen MR) is 86.9 cm³/mol.